The van der Waals surface area contributed by atoms with Gasteiger partial charge in [0, 0.05) is 36.5 Å². The highest BCUT2D eigenvalue weighted by Gasteiger charge is 2.27. The number of rotatable bonds is 5. The standard InChI is InChI=1S/C23H20F2N4O5/c24-22(25)34-17-4-3-14-19(30)18(11-16-13-2-1-7-26-21(13)28-27-16)33-20(14)15(17)10-12-5-8-29(9-6-12)23(31)32/h1-4,7,11-12,22,30H,5-6,8-10H2,(H,31,32). The van der Waals surface area contributed by atoms with Crippen LogP contribution in [0.15, 0.2) is 45.1 Å². The first-order valence-electron chi connectivity index (χ1n) is 10.7. The number of hydrogen-bond acceptors (Lipinski definition) is 7. The number of carboxylic acid groups (broad SMARTS) is 1. The van der Waals surface area contributed by atoms with E-state index in [1.54, 1.807) is 18.3 Å². The second-order valence-corrected chi connectivity index (χ2v) is 8.13. The molecule has 1 aromatic carbocycles. The zero-order valence-electron chi connectivity index (χ0n) is 17.8. The second kappa shape index (κ2) is 8.73. The van der Waals surface area contributed by atoms with E-state index in [0.29, 0.717) is 60.4 Å². The number of aromatic nitrogens is 1. The van der Waals surface area contributed by atoms with Gasteiger partial charge in [0.05, 0.1) is 5.39 Å². The van der Waals surface area contributed by atoms with Crippen LogP contribution in [0.4, 0.5) is 19.4 Å². The molecule has 1 fully saturated rings. The maximum absolute atomic E-state index is 13.1. The minimum absolute atomic E-state index is 0.0359. The molecule has 0 spiro atoms. The Morgan fingerprint density at radius 2 is 2.06 bits per heavy atom. The SMILES string of the molecule is O=C(O)N1CCC(Cc2c(OC(F)F)ccc3c(O)c(C=C4N=Nc5ncccc54)oc23)CC1. The van der Waals surface area contributed by atoms with Gasteiger partial charge in [0.15, 0.2) is 17.3 Å². The number of ether oxygens (including phenoxy) is 1. The summed E-state index contributed by atoms with van der Waals surface area (Å²) in [4.78, 5) is 16.6. The van der Waals surface area contributed by atoms with E-state index in [-0.39, 0.29) is 28.8 Å². The molecule has 3 aromatic rings. The fourth-order valence-electron chi connectivity index (χ4n) is 4.38. The molecule has 4 heterocycles. The number of alkyl halides is 2. The molecule has 2 aromatic heterocycles. The molecular formula is C23H20F2N4O5. The number of aromatic hydroxyl groups is 1. The molecule has 0 aliphatic carbocycles. The summed E-state index contributed by atoms with van der Waals surface area (Å²) in [5.74, 6) is 0.408. The number of fused-ring (bicyclic) bond motifs is 2. The third kappa shape index (κ3) is 4.04. The van der Waals surface area contributed by atoms with E-state index in [0.717, 1.165) is 0 Å². The molecule has 1 saturated heterocycles. The van der Waals surface area contributed by atoms with E-state index in [4.69, 9.17) is 14.3 Å². The van der Waals surface area contributed by atoms with Gasteiger partial charge in [-0.1, -0.05) is 0 Å². The molecule has 0 radical (unpaired) electrons. The van der Waals surface area contributed by atoms with Gasteiger partial charge < -0.3 is 24.3 Å². The number of halogens is 2. The molecule has 11 heteroatoms. The first kappa shape index (κ1) is 21.8. The third-order valence-corrected chi connectivity index (χ3v) is 6.09. The summed E-state index contributed by atoms with van der Waals surface area (Å²) in [6.07, 6.45) is 3.63. The maximum atomic E-state index is 13.1. The van der Waals surface area contributed by atoms with Crippen molar-refractivity contribution in [2.75, 3.05) is 13.1 Å². The highest BCUT2D eigenvalue weighted by atomic mass is 19.3. The Hall–Kier alpha value is -4.02. The average Bonchev–Trinajstić information content (AvgIpc) is 3.37. The van der Waals surface area contributed by atoms with Crippen molar-refractivity contribution in [3.63, 3.8) is 0 Å². The quantitative estimate of drug-likeness (QED) is 0.496. The lowest BCUT2D eigenvalue weighted by Gasteiger charge is -2.30. The van der Waals surface area contributed by atoms with Gasteiger partial charge in [0.1, 0.15) is 17.0 Å². The molecule has 2 aliphatic rings. The van der Waals surface area contributed by atoms with Crippen LogP contribution in [-0.4, -0.2) is 45.9 Å². The number of amides is 1. The largest absolute Gasteiger partial charge is 0.504 e. The minimum atomic E-state index is -3.03. The highest BCUT2D eigenvalue weighted by Crippen LogP contribution is 2.42. The van der Waals surface area contributed by atoms with Gasteiger partial charge in [-0.3, -0.25) is 0 Å². The Balaban J connectivity index is 1.52. The van der Waals surface area contributed by atoms with Gasteiger partial charge in [-0.2, -0.15) is 8.78 Å². The molecule has 9 nitrogen and oxygen atoms in total. The number of piperidine rings is 1. The Bertz CT molecular complexity index is 1310. The zero-order valence-corrected chi connectivity index (χ0v) is 17.8. The highest BCUT2D eigenvalue weighted by molar-refractivity contribution is 5.95. The van der Waals surface area contributed by atoms with Crippen LogP contribution in [0.2, 0.25) is 0 Å². The van der Waals surface area contributed by atoms with E-state index in [9.17, 15) is 18.7 Å². The first-order valence-corrected chi connectivity index (χ1v) is 10.7. The Morgan fingerprint density at radius 3 is 2.79 bits per heavy atom. The van der Waals surface area contributed by atoms with E-state index in [2.05, 4.69) is 15.2 Å². The van der Waals surface area contributed by atoms with E-state index in [1.165, 1.54) is 23.1 Å². The molecule has 2 N–H and O–H groups in total. The van der Waals surface area contributed by atoms with Crippen molar-refractivity contribution in [3.8, 4) is 11.5 Å². The van der Waals surface area contributed by atoms with Gasteiger partial charge in [0.25, 0.3) is 0 Å². The summed E-state index contributed by atoms with van der Waals surface area (Å²) in [5.41, 5.74) is 1.77. The Morgan fingerprint density at radius 1 is 1.26 bits per heavy atom. The second-order valence-electron chi connectivity index (χ2n) is 8.13. The summed E-state index contributed by atoms with van der Waals surface area (Å²) in [5, 5.41) is 28.4. The summed E-state index contributed by atoms with van der Waals surface area (Å²) in [6, 6.07) is 6.38. The van der Waals surface area contributed by atoms with Gasteiger partial charge in [-0.25, -0.2) is 9.78 Å². The van der Waals surface area contributed by atoms with Crippen molar-refractivity contribution in [1.82, 2.24) is 9.88 Å². The lowest BCUT2D eigenvalue weighted by molar-refractivity contribution is -0.0505. The van der Waals surface area contributed by atoms with Crippen LogP contribution in [0, 0.1) is 5.92 Å². The fraction of sp³-hybridized carbons (Fsp3) is 0.304. The normalized spacial score (nSPS) is 17.1. The van der Waals surface area contributed by atoms with Gasteiger partial charge in [0.2, 0.25) is 0 Å². The molecule has 1 amide bonds. The summed E-state index contributed by atoms with van der Waals surface area (Å²) in [7, 11) is 0. The summed E-state index contributed by atoms with van der Waals surface area (Å²) >= 11 is 0. The molecular weight excluding hydrogens is 450 g/mol. The number of pyridine rings is 1. The summed E-state index contributed by atoms with van der Waals surface area (Å²) < 4.78 is 36.9. The fourth-order valence-corrected chi connectivity index (χ4v) is 4.38. The number of benzene rings is 1. The van der Waals surface area contributed by atoms with Crippen molar-refractivity contribution < 1.29 is 32.9 Å². The van der Waals surface area contributed by atoms with Gasteiger partial charge in [-0.15, -0.1) is 10.2 Å². The van der Waals surface area contributed by atoms with Gasteiger partial charge in [-0.05, 0) is 49.4 Å². The average molecular weight is 470 g/mol. The minimum Gasteiger partial charge on any atom is -0.504 e. The van der Waals surface area contributed by atoms with Crippen molar-refractivity contribution in [2.24, 2.45) is 16.1 Å². The van der Waals surface area contributed by atoms with Crippen LogP contribution in [0.1, 0.15) is 29.7 Å². The molecule has 0 bridgehead atoms. The van der Waals surface area contributed by atoms with Crippen LogP contribution in [0.5, 0.6) is 11.5 Å². The van der Waals surface area contributed by atoms with Gasteiger partial charge >= 0.3 is 12.7 Å². The number of likely N-dealkylation sites (tertiary alicyclic amines) is 1. The lowest BCUT2D eigenvalue weighted by atomic mass is 9.89. The predicted molar refractivity (Wildman–Crippen MR) is 117 cm³/mol. The number of carbonyl (C=O) groups is 1. The molecule has 0 atom stereocenters. The zero-order chi connectivity index (χ0) is 23.8. The molecule has 34 heavy (non-hydrogen) atoms. The predicted octanol–water partition coefficient (Wildman–Crippen LogP) is 5.66. The Labute approximate surface area is 192 Å². The van der Waals surface area contributed by atoms with Crippen molar-refractivity contribution in [3.05, 3.63) is 47.3 Å². The van der Waals surface area contributed by atoms with Crippen molar-refractivity contribution >= 4 is 34.7 Å². The summed E-state index contributed by atoms with van der Waals surface area (Å²) in [6.45, 7) is -2.31. The van der Waals surface area contributed by atoms with Crippen LogP contribution >= 0.6 is 0 Å². The third-order valence-electron chi connectivity index (χ3n) is 6.09. The molecule has 0 saturated carbocycles. The molecule has 176 valence electrons. The van der Waals surface area contributed by atoms with Crippen LogP contribution in [0.25, 0.3) is 22.7 Å². The topological polar surface area (TPSA) is 121 Å². The maximum Gasteiger partial charge on any atom is 0.407 e. The Kier molecular flexibility index (Phi) is 5.60. The lowest BCUT2D eigenvalue weighted by Crippen LogP contribution is -2.37. The van der Waals surface area contributed by atoms with Crippen molar-refractivity contribution in [2.45, 2.75) is 25.9 Å². The van der Waals surface area contributed by atoms with E-state index in [1.807, 2.05) is 0 Å². The molecule has 0 unspecified atom stereocenters. The van der Waals surface area contributed by atoms with Crippen LogP contribution in [0.3, 0.4) is 0 Å². The smallest absolute Gasteiger partial charge is 0.407 e. The molecule has 5 rings (SSSR count). The number of furan rings is 1. The number of azo groups is 1. The van der Waals surface area contributed by atoms with Crippen molar-refractivity contribution in [1.29, 1.82) is 0 Å². The van der Waals surface area contributed by atoms with Crippen LogP contribution in [-0.2, 0) is 6.42 Å². The van der Waals surface area contributed by atoms with E-state index < -0.39 is 12.7 Å². The van der Waals surface area contributed by atoms with E-state index >= 15 is 0 Å². The monoisotopic (exact) mass is 470 g/mol. The number of hydrogen-bond donors (Lipinski definition) is 2. The molecule has 2 aliphatic heterocycles. The number of nitrogens with zero attached hydrogens (tertiary/aromatic N) is 4. The first-order chi connectivity index (χ1) is 16.4. The van der Waals surface area contributed by atoms with Crippen LogP contribution < -0.4 is 4.74 Å².